The van der Waals surface area contributed by atoms with Crippen LogP contribution in [0.4, 0.5) is 4.79 Å². The molecule has 0 spiro atoms. The quantitative estimate of drug-likeness (QED) is 0.560. The number of alkyl carbamates (subject to hydrolysis) is 1. The van der Waals surface area contributed by atoms with Crippen molar-refractivity contribution in [1.29, 1.82) is 0 Å². The van der Waals surface area contributed by atoms with Crippen molar-refractivity contribution in [3.8, 4) is 0 Å². The summed E-state index contributed by atoms with van der Waals surface area (Å²) in [6, 6.07) is 0. The van der Waals surface area contributed by atoms with Crippen LogP contribution in [0.3, 0.4) is 0 Å². The van der Waals surface area contributed by atoms with Gasteiger partial charge in [-0.1, -0.05) is 12.7 Å². The van der Waals surface area contributed by atoms with Crippen molar-refractivity contribution in [3.63, 3.8) is 0 Å². The zero-order valence-corrected chi connectivity index (χ0v) is 8.28. The molecule has 15 heavy (non-hydrogen) atoms. The lowest BCUT2D eigenvalue weighted by molar-refractivity contribution is -0.143. The summed E-state index contributed by atoms with van der Waals surface area (Å²) in [5.41, 5.74) is -1.24. The number of carbonyl (C=O) groups excluding carboxylic acids is 1. The summed E-state index contributed by atoms with van der Waals surface area (Å²) < 4.78 is 4.67. The third-order valence-electron chi connectivity index (χ3n) is 2.24. The average molecular weight is 214 g/mol. The van der Waals surface area contributed by atoms with Gasteiger partial charge >= 0.3 is 12.1 Å². The highest BCUT2D eigenvalue weighted by Gasteiger charge is 2.43. The number of carbonyl (C=O) groups is 2. The predicted octanol–water partition coefficient (Wildman–Crippen LogP) is -0.285. The standard InChI is InChI=1S/C9H14N2O4/c1-2-5-15-8(14)11-9(7(12)13)3-4-10-6-9/h2,10H,1,3-6H2,(H,11,14)(H,12,13). The minimum Gasteiger partial charge on any atom is -0.479 e. The molecule has 0 aliphatic carbocycles. The summed E-state index contributed by atoms with van der Waals surface area (Å²) in [6.45, 7) is 4.23. The second-order valence-electron chi connectivity index (χ2n) is 3.33. The molecule has 0 bridgehead atoms. The van der Waals surface area contributed by atoms with Gasteiger partial charge in [-0.2, -0.15) is 0 Å². The second-order valence-corrected chi connectivity index (χ2v) is 3.33. The topological polar surface area (TPSA) is 87.7 Å². The Labute approximate surface area is 87.3 Å². The highest BCUT2D eigenvalue weighted by Crippen LogP contribution is 2.14. The minimum atomic E-state index is -1.24. The van der Waals surface area contributed by atoms with Crippen LogP contribution >= 0.6 is 0 Å². The van der Waals surface area contributed by atoms with Crippen LogP contribution in [0.1, 0.15) is 6.42 Å². The predicted molar refractivity (Wildman–Crippen MR) is 52.5 cm³/mol. The first kappa shape index (κ1) is 11.5. The van der Waals surface area contributed by atoms with Crippen molar-refractivity contribution in [1.82, 2.24) is 10.6 Å². The van der Waals surface area contributed by atoms with Gasteiger partial charge < -0.3 is 20.5 Å². The largest absolute Gasteiger partial charge is 0.479 e. The second kappa shape index (κ2) is 4.79. The molecule has 0 aromatic rings. The maximum atomic E-state index is 11.2. The van der Waals surface area contributed by atoms with Gasteiger partial charge in [-0.25, -0.2) is 9.59 Å². The van der Waals surface area contributed by atoms with Crippen molar-refractivity contribution in [3.05, 3.63) is 12.7 Å². The molecule has 0 aromatic carbocycles. The van der Waals surface area contributed by atoms with Gasteiger partial charge in [-0.05, 0) is 13.0 Å². The molecule has 0 saturated carbocycles. The number of aliphatic carboxylic acids is 1. The monoisotopic (exact) mass is 214 g/mol. The SMILES string of the molecule is C=CCOC(=O)NC1(C(=O)O)CCNC1. The van der Waals surface area contributed by atoms with Crippen molar-refractivity contribution in [2.75, 3.05) is 19.7 Å². The van der Waals surface area contributed by atoms with Crippen molar-refractivity contribution >= 4 is 12.1 Å². The Balaban J connectivity index is 2.55. The van der Waals surface area contributed by atoms with E-state index in [4.69, 9.17) is 5.11 Å². The first-order valence-electron chi connectivity index (χ1n) is 4.61. The molecule has 84 valence electrons. The van der Waals surface area contributed by atoms with E-state index in [1.54, 1.807) is 0 Å². The average Bonchev–Trinajstić information content (AvgIpc) is 2.64. The summed E-state index contributed by atoms with van der Waals surface area (Å²) in [5, 5.41) is 14.2. The summed E-state index contributed by atoms with van der Waals surface area (Å²) in [4.78, 5) is 22.2. The summed E-state index contributed by atoms with van der Waals surface area (Å²) >= 11 is 0. The number of ether oxygens (including phenoxy) is 1. The number of hydrogen-bond acceptors (Lipinski definition) is 4. The molecule has 6 heteroatoms. The summed E-state index contributed by atoms with van der Waals surface area (Å²) in [6.07, 6.45) is 1.03. The molecule has 6 nitrogen and oxygen atoms in total. The van der Waals surface area contributed by atoms with Gasteiger partial charge in [0.2, 0.25) is 0 Å². The van der Waals surface area contributed by atoms with Crippen LogP contribution in [0.2, 0.25) is 0 Å². The Morgan fingerprint density at radius 2 is 2.40 bits per heavy atom. The summed E-state index contributed by atoms with van der Waals surface area (Å²) in [7, 11) is 0. The van der Waals surface area contributed by atoms with Crippen LogP contribution in [0.15, 0.2) is 12.7 Å². The minimum absolute atomic E-state index is 0.0644. The van der Waals surface area contributed by atoms with Gasteiger partial charge in [0.1, 0.15) is 6.61 Å². The number of amides is 1. The fraction of sp³-hybridized carbons (Fsp3) is 0.556. The maximum absolute atomic E-state index is 11.2. The Morgan fingerprint density at radius 3 is 2.87 bits per heavy atom. The van der Waals surface area contributed by atoms with Crippen LogP contribution in [0.5, 0.6) is 0 Å². The number of carboxylic acid groups (broad SMARTS) is 1. The Bertz CT molecular complexity index is 271. The molecule has 1 aliphatic heterocycles. The summed E-state index contributed by atoms with van der Waals surface area (Å²) in [5.74, 6) is -1.05. The lowest BCUT2D eigenvalue weighted by atomic mass is 9.99. The van der Waals surface area contributed by atoms with Gasteiger partial charge in [0, 0.05) is 6.54 Å². The fourth-order valence-electron chi connectivity index (χ4n) is 1.40. The van der Waals surface area contributed by atoms with E-state index in [9.17, 15) is 9.59 Å². The van der Waals surface area contributed by atoms with Crippen LogP contribution in [-0.2, 0) is 9.53 Å². The first-order chi connectivity index (χ1) is 7.10. The van der Waals surface area contributed by atoms with Crippen LogP contribution in [0, 0.1) is 0 Å². The first-order valence-corrected chi connectivity index (χ1v) is 4.61. The molecule has 1 atom stereocenters. The van der Waals surface area contributed by atoms with E-state index in [0.29, 0.717) is 13.0 Å². The third-order valence-corrected chi connectivity index (χ3v) is 2.24. The van der Waals surface area contributed by atoms with E-state index < -0.39 is 17.6 Å². The van der Waals surface area contributed by atoms with E-state index in [0.717, 1.165) is 0 Å². The van der Waals surface area contributed by atoms with Gasteiger partial charge in [0.05, 0.1) is 0 Å². The normalized spacial score (nSPS) is 24.5. The molecule has 1 heterocycles. The zero-order valence-electron chi connectivity index (χ0n) is 8.28. The molecule has 1 saturated heterocycles. The molecule has 1 fully saturated rings. The van der Waals surface area contributed by atoms with E-state index in [2.05, 4.69) is 21.9 Å². The Hall–Kier alpha value is -1.56. The van der Waals surface area contributed by atoms with Gasteiger partial charge in [-0.15, -0.1) is 0 Å². The van der Waals surface area contributed by atoms with Crippen LogP contribution in [0.25, 0.3) is 0 Å². The zero-order chi connectivity index (χ0) is 11.3. The highest BCUT2D eigenvalue weighted by atomic mass is 16.5. The number of rotatable bonds is 4. The van der Waals surface area contributed by atoms with Crippen LogP contribution in [-0.4, -0.2) is 42.4 Å². The molecule has 0 aromatic heterocycles. The lowest BCUT2D eigenvalue weighted by Crippen LogP contribution is -2.56. The van der Waals surface area contributed by atoms with Crippen molar-refractivity contribution in [2.24, 2.45) is 0 Å². The fourth-order valence-corrected chi connectivity index (χ4v) is 1.40. The molecular weight excluding hydrogens is 200 g/mol. The maximum Gasteiger partial charge on any atom is 0.408 e. The highest BCUT2D eigenvalue weighted by molar-refractivity contribution is 5.85. The van der Waals surface area contributed by atoms with Crippen molar-refractivity contribution in [2.45, 2.75) is 12.0 Å². The number of carboxylic acids is 1. The molecule has 3 N–H and O–H groups in total. The van der Waals surface area contributed by atoms with Crippen LogP contribution < -0.4 is 10.6 Å². The van der Waals surface area contributed by atoms with Gasteiger partial charge in [0.25, 0.3) is 0 Å². The number of nitrogens with one attached hydrogen (secondary N) is 2. The lowest BCUT2D eigenvalue weighted by Gasteiger charge is -2.23. The van der Waals surface area contributed by atoms with E-state index >= 15 is 0 Å². The molecule has 1 rings (SSSR count). The van der Waals surface area contributed by atoms with E-state index in [-0.39, 0.29) is 13.2 Å². The smallest absolute Gasteiger partial charge is 0.408 e. The molecular formula is C9H14N2O4. The van der Waals surface area contributed by atoms with Gasteiger partial charge in [0.15, 0.2) is 5.54 Å². The Kier molecular flexibility index (Phi) is 3.68. The number of hydrogen-bond donors (Lipinski definition) is 3. The molecule has 1 aliphatic rings. The molecule has 1 amide bonds. The van der Waals surface area contributed by atoms with Gasteiger partial charge in [-0.3, -0.25) is 0 Å². The molecule has 1 unspecified atom stereocenters. The molecule has 0 radical (unpaired) electrons. The third kappa shape index (κ3) is 2.69. The van der Waals surface area contributed by atoms with E-state index in [1.807, 2.05) is 0 Å². The Morgan fingerprint density at radius 1 is 1.67 bits per heavy atom. The van der Waals surface area contributed by atoms with E-state index in [1.165, 1.54) is 6.08 Å². The van der Waals surface area contributed by atoms with Crippen molar-refractivity contribution < 1.29 is 19.4 Å².